The van der Waals surface area contributed by atoms with Gasteiger partial charge in [-0.2, -0.15) is 10.2 Å². The Morgan fingerprint density at radius 3 is 3.00 bits per heavy atom. The summed E-state index contributed by atoms with van der Waals surface area (Å²) in [6.45, 7) is 0.652. The molecule has 1 heterocycles. The first-order valence-corrected chi connectivity index (χ1v) is 2.11. The molecule has 1 N–H and O–H groups in total. The van der Waals surface area contributed by atoms with Gasteiger partial charge in [0.1, 0.15) is 0 Å². The number of azo groups is 1. The van der Waals surface area contributed by atoms with Crippen LogP contribution in [0, 0.1) is 0 Å². The Hall–Kier alpha value is -0.700. The van der Waals surface area contributed by atoms with Crippen molar-refractivity contribution in [1.82, 2.24) is 0 Å². The molecule has 38 valence electrons. The minimum Gasteiger partial charge on any atom is -0.390 e. The fraction of sp³-hybridized carbons (Fsp3) is 0.500. The van der Waals surface area contributed by atoms with Crippen molar-refractivity contribution in [2.75, 3.05) is 13.2 Å². The number of hydrogen-bond donors (Lipinski definition) is 1. The van der Waals surface area contributed by atoms with Gasteiger partial charge in [-0.3, -0.25) is 0 Å². The highest BCUT2D eigenvalue weighted by molar-refractivity contribution is 5.03. The smallest absolute Gasteiger partial charge is 0.0869 e. The molecule has 1 aliphatic rings. The molecule has 0 saturated heterocycles. The summed E-state index contributed by atoms with van der Waals surface area (Å²) < 4.78 is 0. The molecule has 0 bridgehead atoms. The van der Waals surface area contributed by atoms with Gasteiger partial charge in [-0.1, -0.05) is 0 Å². The van der Waals surface area contributed by atoms with Gasteiger partial charge in [-0.05, 0) is 6.08 Å². The lowest BCUT2D eigenvalue weighted by Crippen LogP contribution is -1.80. The van der Waals surface area contributed by atoms with Gasteiger partial charge in [-0.15, -0.1) is 0 Å². The van der Waals surface area contributed by atoms with Crippen molar-refractivity contribution in [1.29, 1.82) is 0 Å². The van der Waals surface area contributed by atoms with Crippen molar-refractivity contribution in [3.05, 3.63) is 11.8 Å². The van der Waals surface area contributed by atoms with Gasteiger partial charge in [0.15, 0.2) is 0 Å². The van der Waals surface area contributed by atoms with Gasteiger partial charge in [-0.25, -0.2) is 0 Å². The molecule has 0 spiro atoms. The van der Waals surface area contributed by atoms with E-state index in [2.05, 4.69) is 10.2 Å². The van der Waals surface area contributed by atoms with Gasteiger partial charge in [0.2, 0.25) is 0 Å². The van der Waals surface area contributed by atoms with Crippen molar-refractivity contribution in [3.63, 3.8) is 0 Å². The van der Waals surface area contributed by atoms with Crippen molar-refractivity contribution < 1.29 is 5.11 Å². The second kappa shape index (κ2) is 1.84. The number of hydrogen-bond acceptors (Lipinski definition) is 3. The Balaban J connectivity index is 2.52. The van der Waals surface area contributed by atoms with Crippen LogP contribution in [-0.2, 0) is 0 Å². The van der Waals surface area contributed by atoms with E-state index in [1.54, 1.807) is 6.08 Å². The van der Waals surface area contributed by atoms with Crippen molar-refractivity contribution >= 4 is 0 Å². The second-order valence-electron chi connectivity index (χ2n) is 1.28. The molecule has 0 saturated carbocycles. The zero-order valence-corrected chi connectivity index (χ0v) is 3.83. The van der Waals surface area contributed by atoms with Crippen LogP contribution in [0.25, 0.3) is 0 Å². The third-order valence-corrected chi connectivity index (χ3v) is 0.770. The predicted octanol–water partition coefficient (Wildman–Crippen LogP) is 0.328. The van der Waals surface area contributed by atoms with Crippen LogP contribution in [0.2, 0.25) is 0 Å². The molecule has 7 heavy (non-hydrogen) atoms. The quantitative estimate of drug-likeness (QED) is 0.504. The summed E-state index contributed by atoms with van der Waals surface area (Å²) in [5, 5.41) is 15.5. The van der Waals surface area contributed by atoms with Crippen LogP contribution < -0.4 is 0 Å². The highest BCUT2D eigenvalue weighted by Crippen LogP contribution is 2.02. The minimum absolute atomic E-state index is 0.0174. The lowest BCUT2D eigenvalue weighted by molar-refractivity contribution is 0.329. The predicted molar refractivity (Wildman–Crippen MR) is 24.9 cm³/mol. The molecule has 0 aromatic heterocycles. The summed E-state index contributed by atoms with van der Waals surface area (Å²) >= 11 is 0. The number of aliphatic hydroxyl groups excluding tert-OH is 1. The minimum atomic E-state index is 0.0174. The maximum Gasteiger partial charge on any atom is 0.0869 e. The molecule has 0 aromatic rings. The summed E-state index contributed by atoms with van der Waals surface area (Å²) in [7, 11) is 0. The van der Waals surface area contributed by atoms with Crippen LogP contribution in [0.1, 0.15) is 0 Å². The van der Waals surface area contributed by atoms with Gasteiger partial charge >= 0.3 is 0 Å². The number of nitrogens with zero attached hydrogens (tertiary/aromatic N) is 2. The molecule has 0 atom stereocenters. The zero-order valence-electron chi connectivity index (χ0n) is 3.83. The van der Waals surface area contributed by atoms with E-state index in [9.17, 15) is 0 Å². The zero-order chi connectivity index (χ0) is 5.11. The fourth-order valence-corrected chi connectivity index (χ4v) is 0.415. The fourth-order valence-electron chi connectivity index (χ4n) is 0.415. The number of rotatable bonds is 1. The van der Waals surface area contributed by atoms with Crippen LogP contribution in [-0.4, -0.2) is 18.3 Å². The number of aliphatic hydroxyl groups is 1. The molecule has 0 fully saturated rings. The molecule has 0 unspecified atom stereocenters. The lowest BCUT2D eigenvalue weighted by atomic mass is 10.4. The third kappa shape index (κ3) is 0.838. The first-order valence-electron chi connectivity index (χ1n) is 2.11. The Bertz CT molecular complexity index is 117. The van der Waals surface area contributed by atoms with Crippen molar-refractivity contribution in [2.45, 2.75) is 0 Å². The summed E-state index contributed by atoms with van der Waals surface area (Å²) in [5.74, 6) is 0. The van der Waals surface area contributed by atoms with E-state index in [1.807, 2.05) is 0 Å². The monoisotopic (exact) mass is 98.0 g/mol. The Morgan fingerprint density at radius 2 is 2.71 bits per heavy atom. The Morgan fingerprint density at radius 1 is 1.86 bits per heavy atom. The molecule has 0 radical (unpaired) electrons. The largest absolute Gasteiger partial charge is 0.390 e. The highest BCUT2D eigenvalue weighted by Gasteiger charge is 1.94. The Labute approximate surface area is 41.4 Å². The van der Waals surface area contributed by atoms with E-state index < -0.39 is 0 Å². The third-order valence-electron chi connectivity index (χ3n) is 0.770. The van der Waals surface area contributed by atoms with Gasteiger partial charge in [0.25, 0.3) is 0 Å². The first-order chi connectivity index (χ1) is 3.43. The summed E-state index contributed by atoms with van der Waals surface area (Å²) in [4.78, 5) is 0. The molecule has 0 amide bonds. The molecule has 0 aromatic carbocycles. The second-order valence-corrected chi connectivity index (χ2v) is 1.28. The van der Waals surface area contributed by atoms with Crippen LogP contribution in [0.15, 0.2) is 22.0 Å². The Kier molecular flexibility index (Phi) is 1.17. The summed E-state index contributed by atoms with van der Waals surface area (Å²) in [6.07, 6.45) is 1.79. The van der Waals surface area contributed by atoms with E-state index >= 15 is 0 Å². The molecule has 1 aliphatic heterocycles. The van der Waals surface area contributed by atoms with Gasteiger partial charge in [0.05, 0.1) is 18.8 Å². The standard InChI is InChI=1S/C4H6N2O/c7-3-4-1-2-5-6-4/h1,7H,2-3H2. The lowest BCUT2D eigenvalue weighted by Gasteiger charge is -1.80. The average Bonchev–Trinajstić information content (AvgIpc) is 2.14. The van der Waals surface area contributed by atoms with Crippen LogP contribution in [0.4, 0.5) is 0 Å². The first kappa shape index (κ1) is 4.46. The maximum atomic E-state index is 8.34. The van der Waals surface area contributed by atoms with Crippen LogP contribution in [0.5, 0.6) is 0 Å². The van der Waals surface area contributed by atoms with E-state index in [1.165, 1.54) is 0 Å². The topological polar surface area (TPSA) is 45.0 Å². The van der Waals surface area contributed by atoms with E-state index in [0.717, 1.165) is 0 Å². The molecule has 0 aliphatic carbocycles. The summed E-state index contributed by atoms with van der Waals surface area (Å²) in [6, 6.07) is 0. The van der Waals surface area contributed by atoms with E-state index in [-0.39, 0.29) is 6.61 Å². The van der Waals surface area contributed by atoms with E-state index in [0.29, 0.717) is 12.2 Å². The summed E-state index contributed by atoms with van der Waals surface area (Å²) in [5.41, 5.74) is 0.681. The SMILES string of the molecule is OCC1=CCN=N1. The van der Waals surface area contributed by atoms with Gasteiger partial charge in [0, 0.05) is 0 Å². The molecule has 3 heteroatoms. The van der Waals surface area contributed by atoms with E-state index in [4.69, 9.17) is 5.11 Å². The molecule has 1 rings (SSSR count). The van der Waals surface area contributed by atoms with Crippen LogP contribution in [0.3, 0.4) is 0 Å². The van der Waals surface area contributed by atoms with Crippen molar-refractivity contribution in [2.24, 2.45) is 10.2 Å². The highest BCUT2D eigenvalue weighted by atomic mass is 16.3. The van der Waals surface area contributed by atoms with Crippen molar-refractivity contribution in [3.8, 4) is 0 Å². The van der Waals surface area contributed by atoms with Crippen LogP contribution >= 0.6 is 0 Å². The average molecular weight is 98.1 g/mol. The maximum absolute atomic E-state index is 8.34. The molecular weight excluding hydrogens is 92.1 g/mol. The van der Waals surface area contributed by atoms with Gasteiger partial charge < -0.3 is 5.11 Å². The molecular formula is C4H6N2O. The normalized spacial score (nSPS) is 17.6. The molecule has 3 nitrogen and oxygen atoms in total.